The Bertz CT molecular complexity index is 686. The molecule has 0 aliphatic rings. The highest BCUT2D eigenvalue weighted by molar-refractivity contribution is 6.31. The van der Waals surface area contributed by atoms with E-state index in [2.05, 4.69) is 5.32 Å². The van der Waals surface area contributed by atoms with Gasteiger partial charge in [0.2, 0.25) is 5.91 Å². The molecule has 0 unspecified atom stereocenters. The second-order valence-corrected chi connectivity index (χ2v) is 6.30. The summed E-state index contributed by atoms with van der Waals surface area (Å²) in [5.41, 5.74) is 3.17. The first-order chi connectivity index (χ1) is 12.1. The van der Waals surface area contributed by atoms with Gasteiger partial charge in [-0.05, 0) is 48.2 Å². The van der Waals surface area contributed by atoms with Crippen molar-refractivity contribution in [2.45, 2.75) is 32.9 Å². The second kappa shape index (κ2) is 10.1. The minimum Gasteiger partial charge on any atom is -0.494 e. The minimum atomic E-state index is 0.0249. The van der Waals surface area contributed by atoms with Gasteiger partial charge in [0, 0.05) is 25.1 Å². The molecule has 1 N–H and O–H groups in total. The zero-order valence-corrected chi connectivity index (χ0v) is 15.4. The quantitative estimate of drug-likeness (QED) is 0.678. The average molecular weight is 362 g/mol. The molecule has 0 saturated heterocycles. The van der Waals surface area contributed by atoms with Crippen LogP contribution in [0.4, 0.5) is 0 Å². The number of carbonyl (C=O) groups excluding carboxylic acids is 1. The van der Waals surface area contributed by atoms with Crippen LogP contribution in [0.15, 0.2) is 42.5 Å². The Balaban J connectivity index is 1.64. The van der Waals surface area contributed by atoms with Gasteiger partial charge in [-0.15, -0.1) is 0 Å². The average Bonchev–Trinajstić information content (AvgIpc) is 2.61. The van der Waals surface area contributed by atoms with Crippen molar-refractivity contribution < 1.29 is 14.3 Å². The lowest BCUT2D eigenvalue weighted by Gasteiger charge is -2.09. The van der Waals surface area contributed by atoms with E-state index < -0.39 is 0 Å². The molecular weight excluding hydrogens is 338 g/mol. The standard InChI is InChI=1S/C20H24ClNO3/c1-15-12-18(9-10-19(15)21)25-11-3-4-20(23)22-13-16-5-7-17(8-6-16)14-24-2/h5-10,12H,3-4,11,13-14H2,1-2H3,(H,22,23). The third-order valence-corrected chi connectivity index (χ3v) is 4.19. The lowest BCUT2D eigenvalue weighted by atomic mass is 10.1. The minimum absolute atomic E-state index is 0.0249. The van der Waals surface area contributed by atoms with Gasteiger partial charge < -0.3 is 14.8 Å². The van der Waals surface area contributed by atoms with Crippen LogP contribution < -0.4 is 10.1 Å². The Morgan fingerprint density at radius 1 is 1.12 bits per heavy atom. The molecule has 0 heterocycles. The molecule has 2 aromatic rings. The summed E-state index contributed by atoms with van der Waals surface area (Å²) in [4.78, 5) is 11.9. The van der Waals surface area contributed by atoms with E-state index in [1.165, 1.54) is 0 Å². The van der Waals surface area contributed by atoms with Crippen molar-refractivity contribution in [2.75, 3.05) is 13.7 Å². The van der Waals surface area contributed by atoms with Crippen LogP contribution in [0.25, 0.3) is 0 Å². The number of halogens is 1. The van der Waals surface area contributed by atoms with Crippen LogP contribution in [0.2, 0.25) is 5.02 Å². The Morgan fingerprint density at radius 3 is 2.52 bits per heavy atom. The molecule has 5 heteroatoms. The van der Waals surface area contributed by atoms with Gasteiger partial charge in [0.1, 0.15) is 5.75 Å². The molecule has 0 atom stereocenters. The molecule has 25 heavy (non-hydrogen) atoms. The summed E-state index contributed by atoms with van der Waals surface area (Å²) in [6, 6.07) is 13.6. The number of nitrogens with one attached hydrogen (secondary N) is 1. The van der Waals surface area contributed by atoms with Gasteiger partial charge in [0.05, 0.1) is 13.2 Å². The van der Waals surface area contributed by atoms with Crippen molar-refractivity contribution in [1.29, 1.82) is 0 Å². The van der Waals surface area contributed by atoms with Crippen molar-refractivity contribution in [3.63, 3.8) is 0 Å². The Kier molecular flexibility index (Phi) is 7.76. The number of benzene rings is 2. The number of ether oxygens (including phenoxy) is 2. The fourth-order valence-electron chi connectivity index (χ4n) is 2.34. The molecule has 0 bridgehead atoms. The van der Waals surface area contributed by atoms with Crippen molar-refractivity contribution in [3.8, 4) is 5.75 Å². The van der Waals surface area contributed by atoms with E-state index in [0.29, 0.717) is 32.6 Å². The molecule has 0 saturated carbocycles. The summed E-state index contributed by atoms with van der Waals surface area (Å²) in [6.07, 6.45) is 1.11. The molecule has 2 rings (SSSR count). The highest BCUT2D eigenvalue weighted by Crippen LogP contribution is 2.21. The molecule has 0 radical (unpaired) electrons. The maximum absolute atomic E-state index is 11.9. The number of hydrogen-bond acceptors (Lipinski definition) is 3. The van der Waals surface area contributed by atoms with Crippen LogP contribution in [-0.2, 0) is 22.7 Å². The van der Waals surface area contributed by atoms with Crippen LogP contribution in [0, 0.1) is 6.92 Å². The molecule has 0 aliphatic heterocycles. The maximum atomic E-state index is 11.9. The summed E-state index contributed by atoms with van der Waals surface area (Å²) in [6.45, 7) is 3.56. The first-order valence-corrected chi connectivity index (χ1v) is 8.68. The van der Waals surface area contributed by atoms with Gasteiger partial charge in [0.15, 0.2) is 0 Å². The van der Waals surface area contributed by atoms with Crippen LogP contribution >= 0.6 is 11.6 Å². The highest BCUT2D eigenvalue weighted by atomic mass is 35.5. The predicted octanol–water partition coefficient (Wildman–Crippen LogP) is 4.27. The predicted molar refractivity (Wildman–Crippen MR) is 99.9 cm³/mol. The lowest BCUT2D eigenvalue weighted by molar-refractivity contribution is -0.121. The van der Waals surface area contributed by atoms with E-state index in [-0.39, 0.29) is 5.91 Å². The molecule has 2 aromatic carbocycles. The molecule has 134 valence electrons. The largest absolute Gasteiger partial charge is 0.494 e. The van der Waals surface area contributed by atoms with Gasteiger partial charge in [-0.1, -0.05) is 35.9 Å². The zero-order valence-electron chi connectivity index (χ0n) is 14.7. The molecule has 1 amide bonds. The van der Waals surface area contributed by atoms with Crippen LogP contribution in [-0.4, -0.2) is 19.6 Å². The molecular formula is C20H24ClNO3. The number of hydrogen-bond donors (Lipinski definition) is 1. The van der Waals surface area contributed by atoms with Gasteiger partial charge in [0.25, 0.3) is 0 Å². The fraction of sp³-hybridized carbons (Fsp3) is 0.350. The number of rotatable bonds is 9. The third-order valence-electron chi connectivity index (χ3n) is 3.77. The molecule has 0 aromatic heterocycles. The molecule has 0 aliphatic carbocycles. The second-order valence-electron chi connectivity index (χ2n) is 5.89. The summed E-state index contributed by atoms with van der Waals surface area (Å²) in [5.74, 6) is 0.801. The molecule has 0 spiro atoms. The zero-order chi connectivity index (χ0) is 18.1. The lowest BCUT2D eigenvalue weighted by Crippen LogP contribution is -2.23. The monoisotopic (exact) mass is 361 g/mol. The molecule has 0 fully saturated rings. The first-order valence-electron chi connectivity index (χ1n) is 8.31. The third kappa shape index (κ3) is 6.77. The van der Waals surface area contributed by atoms with Crippen molar-refractivity contribution in [2.24, 2.45) is 0 Å². The van der Waals surface area contributed by atoms with Crippen LogP contribution in [0.5, 0.6) is 5.75 Å². The highest BCUT2D eigenvalue weighted by Gasteiger charge is 2.03. The number of carbonyl (C=O) groups is 1. The summed E-state index contributed by atoms with van der Waals surface area (Å²) in [7, 11) is 1.67. The van der Waals surface area contributed by atoms with E-state index in [9.17, 15) is 4.79 Å². The smallest absolute Gasteiger partial charge is 0.220 e. The summed E-state index contributed by atoms with van der Waals surface area (Å²) in [5, 5.41) is 3.65. The van der Waals surface area contributed by atoms with Crippen molar-refractivity contribution in [1.82, 2.24) is 5.32 Å². The van der Waals surface area contributed by atoms with Gasteiger partial charge in [-0.3, -0.25) is 4.79 Å². The Hall–Kier alpha value is -2.04. The van der Waals surface area contributed by atoms with E-state index in [0.717, 1.165) is 27.5 Å². The SMILES string of the molecule is COCc1ccc(CNC(=O)CCCOc2ccc(Cl)c(C)c2)cc1. The topological polar surface area (TPSA) is 47.6 Å². The first kappa shape index (κ1) is 19.3. The van der Waals surface area contributed by atoms with E-state index >= 15 is 0 Å². The fourth-order valence-corrected chi connectivity index (χ4v) is 2.46. The van der Waals surface area contributed by atoms with Crippen LogP contribution in [0.1, 0.15) is 29.5 Å². The van der Waals surface area contributed by atoms with E-state index in [1.54, 1.807) is 7.11 Å². The van der Waals surface area contributed by atoms with E-state index in [1.807, 2.05) is 49.4 Å². The van der Waals surface area contributed by atoms with Crippen LogP contribution in [0.3, 0.4) is 0 Å². The summed E-state index contributed by atoms with van der Waals surface area (Å²) >= 11 is 5.98. The van der Waals surface area contributed by atoms with Gasteiger partial charge in [-0.2, -0.15) is 0 Å². The normalized spacial score (nSPS) is 10.5. The van der Waals surface area contributed by atoms with Crippen molar-refractivity contribution in [3.05, 3.63) is 64.2 Å². The molecule has 4 nitrogen and oxygen atoms in total. The Morgan fingerprint density at radius 2 is 1.84 bits per heavy atom. The number of aryl methyl sites for hydroxylation is 1. The van der Waals surface area contributed by atoms with Gasteiger partial charge >= 0.3 is 0 Å². The van der Waals surface area contributed by atoms with Crippen molar-refractivity contribution >= 4 is 17.5 Å². The number of amides is 1. The van der Waals surface area contributed by atoms with E-state index in [4.69, 9.17) is 21.1 Å². The maximum Gasteiger partial charge on any atom is 0.220 e. The Labute approximate surface area is 154 Å². The summed E-state index contributed by atoms with van der Waals surface area (Å²) < 4.78 is 10.7. The number of methoxy groups -OCH3 is 1. The van der Waals surface area contributed by atoms with Gasteiger partial charge in [-0.25, -0.2) is 0 Å².